The number of halogens is 1. The smallest absolute Gasteiger partial charge is 0.219 e. The highest BCUT2D eigenvalue weighted by Crippen LogP contribution is 2.30. The molecule has 2 aromatic heterocycles. The predicted octanol–water partition coefficient (Wildman–Crippen LogP) is 3.70. The third-order valence-electron chi connectivity index (χ3n) is 6.57. The fourth-order valence-corrected chi connectivity index (χ4v) is 4.53. The van der Waals surface area contributed by atoms with Crippen LogP contribution in [0.1, 0.15) is 38.4 Å². The minimum absolute atomic E-state index is 0.0292. The molecule has 2 N–H and O–H groups in total. The molecule has 1 atom stereocenters. The Morgan fingerprint density at radius 1 is 1.02 bits per heavy atom. The molecule has 0 saturated carbocycles. The Kier molecular flexibility index (Phi) is 11.5. The standard InChI is InChI=1S/C30H37FN6O5/c1-21(38)33-8-10-40-11-12-41-13-14-42-27-15-24(18-32-19-27)28-17-29(34-26-7-3-6-25(31)16-26)36-30(35-28)23-5-4-9-37(20-23)22(2)39/h3,6-7,15-19,23H,4-5,8-14,20H2,1-2H3,(H,33,38)(H,34,35,36). The molecule has 3 aromatic rings. The summed E-state index contributed by atoms with van der Waals surface area (Å²) in [7, 11) is 0. The van der Waals surface area contributed by atoms with Crippen molar-refractivity contribution in [3.8, 4) is 17.0 Å². The van der Waals surface area contributed by atoms with Crippen LogP contribution in [-0.4, -0.2) is 84.3 Å². The molecule has 1 aliphatic heterocycles. The minimum atomic E-state index is -0.355. The first-order chi connectivity index (χ1) is 20.4. The normalized spacial score (nSPS) is 14.8. The molecule has 3 heterocycles. The molecule has 12 heteroatoms. The van der Waals surface area contributed by atoms with Crippen LogP contribution in [-0.2, 0) is 19.1 Å². The highest BCUT2D eigenvalue weighted by Gasteiger charge is 2.26. The van der Waals surface area contributed by atoms with Crippen LogP contribution in [0.2, 0.25) is 0 Å². The van der Waals surface area contributed by atoms with Gasteiger partial charge in [-0.05, 0) is 37.1 Å². The Balaban J connectivity index is 1.41. The molecule has 1 unspecified atom stereocenters. The van der Waals surface area contributed by atoms with E-state index in [0.29, 0.717) is 74.9 Å². The van der Waals surface area contributed by atoms with Crippen LogP contribution in [0.15, 0.2) is 48.8 Å². The lowest BCUT2D eigenvalue weighted by Gasteiger charge is -2.31. The number of carbonyl (C=O) groups excluding carboxylic acids is 2. The van der Waals surface area contributed by atoms with Gasteiger partial charge in [0.25, 0.3) is 0 Å². The van der Waals surface area contributed by atoms with E-state index in [9.17, 15) is 14.0 Å². The topological polar surface area (TPSA) is 128 Å². The molecule has 0 radical (unpaired) electrons. The van der Waals surface area contributed by atoms with Gasteiger partial charge in [0.15, 0.2) is 0 Å². The number of rotatable bonds is 14. The van der Waals surface area contributed by atoms with Gasteiger partial charge < -0.3 is 29.7 Å². The number of amides is 2. The lowest BCUT2D eigenvalue weighted by Crippen LogP contribution is -2.38. The zero-order valence-electron chi connectivity index (χ0n) is 24.0. The molecule has 1 aromatic carbocycles. The Labute approximate surface area is 244 Å². The van der Waals surface area contributed by atoms with Crippen LogP contribution in [0.25, 0.3) is 11.3 Å². The van der Waals surface area contributed by atoms with Crippen molar-refractivity contribution in [2.45, 2.75) is 32.6 Å². The molecular formula is C30H37FN6O5. The maximum absolute atomic E-state index is 13.8. The van der Waals surface area contributed by atoms with Crippen LogP contribution < -0.4 is 15.4 Å². The summed E-state index contributed by atoms with van der Waals surface area (Å²) in [6.07, 6.45) is 5.03. The van der Waals surface area contributed by atoms with E-state index in [2.05, 4.69) is 15.6 Å². The molecule has 0 spiro atoms. The van der Waals surface area contributed by atoms with E-state index in [1.54, 1.807) is 37.5 Å². The first-order valence-corrected chi connectivity index (χ1v) is 14.0. The summed E-state index contributed by atoms with van der Waals surface area (Å²) >= 11 is 0. The van der Waals surface area contributed by atoms with E-state index >= 15 is 0 Å². The van der Waals surface area contributed by atoms with Gasteiger partial charge in [-0.25, -0.2) is 14.4 Å². The Morgan fingerprint density at radius 3 is 2.62 bits per heavy atom. The van der Waals surface area contributed by atoms with Gasteiger partial charge in [0, 0.05) is 62.9 Å². The quantitative estimate of drug-likeness (QED) is 0.274. The summed E-state index contributed by atoms with van der Waals surface area (Å²) in [4.78, 5) is 38.6. The highest BCUT2D eigenvalue weighted by molar-refractivity contribution is 5.73. The molecule has 1 aliphatic rings. The minimum Gasteiger partial charge on any atom is -0.490 e. The van der Waals surface area contributed by atoms with Crippen molar-refractivity contribution < 1.29 is 28.2 Å². The van der Waals surface area contributed by atoms with E-state index in [1.165, 1.54) is 19.1 Å². The molecule has 0 aliphatic carbocycles. The van der Waals surface area contributed by atoms with E-state index in [-0.39, 0.29) is 23.5 Å². The fraction of sp³-hybridized carbons (Fsp3) is 0.433. The van der Waals surface area contributed by atoms with Gasteiger partial charge in [-0.15, -0.1) is 0 Å². The molecule has 1 fully saturated rings. The molecule has 2 amide bonds. The number of nitrogens with one attached hydrogen (secondary N) is 2. The number of aromatic nitrogens is 3. The Bertz CT molecular complexity index is 1340. The van der Waals surface area contributed by atoms with Gasteiger partial charge in [-0.1, -0.05) is 6.07 Å². The average Bonchev–Trinajstić information content (AvgIpc) is 2.98. The van der Waals surface area contributed by atoms with Crippen molar-refractivity contribution in [3.63, 3.8) is 0 Å². The number of hydrogen-bond donors (Lipinski definition) is 2. The van der Waals surface area contributed by atoms with Gasteiger partial charge in [0.2, 0.25) is 11.8 Å². The van der Waals surface area contributed by atoms with E-state index in [1.807, 2.05) is 11.0 Å². The molecular weight excluding hydrogens is 543 g/mol. The Morgan fingerprint density at radius 2 is 1.83 bits per heavy atom. The predicted molar refractivity (Wildman–Crippen MR) is 155 cm³/mol. The van der Waals surface area contributed by atoms with Crippen molar-refractivity contribution in [1.82, 2.24) is 25.2 Å². The summed E-state index contributed by atoms with van der Waals surface area (Å²) < 4.78 is 30.6. The number of ether oxygens (including phenoxy) is 3. The second-order valence-electron chi connectivity index (χ2n) is 9.90. The number of nitrogens with zero attached hydrogens (tertiary/aromatic N) is 4. The molecule has 0 bridgehead atoms. The SMILES string of the molecule is CC(=O)NCCOCCOCCOc1cncc(-c2cc(Nc3cccc(F)c3)nc(C3CCCN(C(C)=O)C3)n2)c1. The first kappa shape index (κ1) is 30.8. The zero-order valence-corrected chi connectivity index (χ0v) is 24.0. The van der Waals surface area contributed by atoms with Crippen molar-refractivity contribution in [3.05, 3.63) is 60.4 Å². The monoisotopic (exact) mass is 580 g/mol. The zero-order chi connectivity index (χ0) is 29.7. The number of hydrogen-bond acceptors (Lipinski definition) is 9. The summed E-state index contributed by atoms with van der Waals surface area (Å²) in [5, 5.41) is 5.85. The van der Waals surface area contributed by atoms with Crippen molar-refractivity contribution in [1.29, 1.82) is 0 Å². The largest absolute Gasteiger partial charge is 0.490 e. The maximum Gasteiger partial charge on any atom is 0.219 e. The second kappa shape index (κ2) is 15.7. The fourth-order valence-electron chi connectivity index (χ4n) is 4.53. The molecule has 1 saturated heterocycles. The van der Waals surface area contributed by atoms with Crippen molar-refractivity contribution >= 4 is 23.3 Å². The van der Waals surface area contributed by atoms with Crippen LogP contribution in [0.5, 0.6) is 5.75 Å². The van der Waals surface area contributed by atoms with E-state index in [0.717, 1.165) is 24.9 Å². The number of piperidine rings is 1. The maximum atomic E-state index is 13.8. The molecule has 42 heavy (non-hydrogen) atoms. The number of anilines is 2. The van der Waals surface area contributed by atoms with Crippen molar-refractivity contribution in [2.24, 2.45) is 0 Å². The molecule has 4 rings (SSSR count). The van der Waals surface area contributed by atoms with Crippen LogP contribution in [0.3, 0.4) is 0 Å². The lowest BCUT2D eigenvalue weighted by atomic mass is 9.97. The number of likely N-dealkylation sites (tertiary alicyclic amines) is 1. The first-order valence-electron chi connectivity index (χ1n) is 14.0. The van der Waals surface area contributed by atoms with Crippen LogP contribution in [0, 0.1) is 5.82 Å². The molecule has 11 nitrogen and oxygen atoms in total. The third kappa shape index (κ3) is 9.74. The third-order valence-corrected chi connectivity index (χ3v) is 6.57. The molecule has 224 valence electrons. The average molecular weight is 581 g/mol. The van der Waals surface area contributed by atoms with E-state index < -0.39 is 0 Å². The summed E-state index contributed by atoms with van der Waals surface area (Å²) in [6, 6.07) is 9.80. The van der Waals surface area contributed by atoms with Crippen LogP contribution in [0.4, 0.5) is 15.9 Å². The number of carbonyl (C=O) groups is 2. The van der Waals surface area contributed by atoms with Crippen LogP contribution >= 0.6 is 0 Å². The number of benzene rings is 1. The summed E-state index contributed by atoms with van der Waals surface area (Å²) in [6.45, 7) is 6.71. The highest BCUT2D eigenvalue weighted by atomic mass is 19.1. The second-order valence-corrected chi connectivity index (χ2v) is 9.90. The lowest BCUT2D eigenvalue weighted by molar-refractivity contribution is -0.130. The van der Waals surface area contributed by atoms with Gasteiger partial charge in [-0.2, -0.15) is 0 Å². The van der Waals surface area contributed by atoms with Gasteiger partial charge in [0.05, 0.1) is 38.3 Å². The van der Waals surface area contributed by atoms with Gasteiger partial charge >= 0.3 is 0 Å². The summed E-state index contributed by atoms with van der Waals surface area (Å²) in [5.41, 5.74) is 1.92. The summed E-state index contributed by atoms with van der Waals surface area (Å²) in [5.74, 6) is 1.23. The van der Waals surface area contributed by atoms with E-state index in [4.69, 9.17) is 24.2 Å². The number of pyridine rings is 1. The van der Waals surface area contributed by atoms with Gasteiger partial charge in [-0.3, -0.25) is 14.6 Å². The van der Waals surface area contributed by atoms with Gasteiger partial charge in [0.1, 0.15) is 29.8 Å². The Hall–Kier alpha value is -4.16. The van der Waals surface area contributed by atoms with Crippen molar-refractivity contribution in [2.75, 3.05) is 58.0 Å².